The van der Waals surface area contributed by atoms with E-state index in [0.29, 0.717) is 24.4 Å². The van der Waals surface area contributed by atoms with Gasteiger partial charge in [-0.05, 0) is 40.5 Å². The smallest absolute Gasteiger partial charge is 0.254 e. The van der Waals surface area contributed by atoms with Crippen LogP contribution in [0, 0.1) is 0 Å². The van der Waals surface area contributed by atoms with Crippen LogP contribution in [0.2, 0.25) is 0 Å². The molecule has 0 unspecified atom stereocenters. The molecule has 1 aliphatic rings. The van der Waals surface area contributed by atoms with Crippen molar-refractivity contribution in [3.63, 3.8) is 0 Å². The number of halogens is 1. The summed E-state index contributed by atoms with van der Waals surface area (Å²) >= 11 is 3.37. The van der Waals surface area contributed by atoms with E-state index in [1.54, 1.807) is 42.2 Å². The lowest BCUT2D eigenvalue weighted by Gasteiger charge is -2.20. The summed E-state index contributed by atoms with van der Waals surface area (Å²) in [7, 11) is 3.34. The Morgan fingerprint density at radius 2 is 2.10 bits per heavy atom. The van der Waals surface area contributed by atoms with Gasteiger partial charge in [-0.3, -0.25) is 9.59 Å². The Morgan fingerprint density at radius 1 is 1.35 bits per heavy atom. The number of amides is 2. The fraction of sp³-hybridized carbons (Fsp3) is 0.429. The fourth-order valence-corrected chi connectivity index (χ4v) is 2.68. The average Bonchev–Trinajstić information content (AvgIpc) is 2.60. The van der Waals surface area contributed by atoms with E-state index in [-0.39, 0.29) is 18.4 Å². The van der Waals surface area contributed by atoms with Crippen molar-refractivity contribution < 1.29 is 14.3 Å². The lowest BCUT2D eigenvalue weighted by atomic mass is 10.2. The van der Waals surface area contributed by atoms with Crippen molar-refractivity contribution in [1.29, 1.82) is 0 Å². The number of ether oxygens (including phenoxy) is 1. The summed E-state index contributed by atoms with van der Waals surface area (Å²) in [6, 6.07) is 5.17. The van der Waals surface area contributed by atoms with E-state index in [0.717, 1.165) is 10.9 Å². The Kier molecular flexibility index (Phi) is 4.65. The van der Waals surface area contributed by atoms with E-state index in [2.05, 4.69) is 15.9 Å². The second-order valence-corrected chi connectivity index (χ2v) is 5.60. The van der Waals surface area contributed by atoms with Gasteiger partial charge in [-0.15, -0.1) is 0 Å². The highest BCUT2D eigenvalue weighted by Gasteiger charge is 2.24. The topological polar surface area (TPSA) is 49.9 Å². The molecular formula is C14H17BrN2O3. The molecule has 1 aromatic rings. The van der Waals surface area contributed by atoms with Crippen molar-refractivity contribution in [1.82, 2.24) is 9.80 Å². The third kappa shape index (κ3) is 3.12. The average molecular weight is 341 g/mol. The molecule has 108 valence electrons. The molecule has 20 heavy (non-hydrogen) atoms. The van der Waals surface area contributed by atoms with Crippen LogP contribution in [0.25, 0.3) is 0 Å². The third-order valence-electron chi connectivity index (χ3n) is 3.36. The molecule has 1 fully saturated rings. The maximum absolute atomic E-state index is 12.5. The zero-order valence-corrected chi connectivity index (χ0v) is 13.1. The van der Waals surface area contributed by atoms with Crippen molar-refractivity contribution in [3.05, 3.63) is 28.2 Å². The molecular weight excluding hydrogens is 324 g/mol. The lowest BCUT2D eigenvalue weighted by molar-refractivity contribution is -0.129. The van der Waals surface area contributed by atoms with Gasteiger partial charge >= 0.3 is 0 Å². The summed E-state index contributed by atoms with van der Waals surface area (Å²) in [5, 5.41) is 0. The number of rotatable bonds is 2. The summed E-state index contributed by atoms with van der Waals surface area (Å²) in [4.78, 5) is 27.5. The van der Waals surface area contributed by atoms with Crippen LogP contribution in [0.5, 0.6) is 5.75 Å². The minimum atomic E-state index is -0.128. The monoisotopic (exact) mass is 340 g/mol. The SMILES string of the molecule is COc1ccc(C(=O)N2CCCN(C)C(=O)C2)cc1Br. The number of hydrogen-bond acceptors (Lipinski definition) is 3. The maximum Gasteiger partial charge on any atom is 0.254 e. The largest absolute Gasteiger partial charge is 0.496 e. The molecule has 2 amide bonds. The summed E-state index contributed by atoms with van der Waals surface area (Å²) in [6.45, 7) is 1.42. The zero-order chi connectivity index (χ0) is 14.7. The van der Waals surface area contributed by atoms with Crippen LogP contribution in [-0.2, 0) is 4.79 Å². The summed E-state index contributed by atoms with van der Waals surface area (Å²) in [5.41, 5.74) is 0.551. The molecule has 0 spiro atoms. The number of benzene rings is 1. The fourth-order valence-electron chi connectivity index (χ4n) is 2.14. The molecule has 2 rings (SSSR count). The van der Waals surface area contributed by atoms with Crippen molar-refractivity contribution in [3.8, 4) is 5.75 Å². The van der Waals surface area contributed by atoms with Gasteiger partial charge in [0.05, 0.1) is 11.6 Å². The Hall–Kier alpha value is -1.56. The Morgan fingerprint density at radius 3 is 2.75 bits per heavy atom. The quantitative estimate of drug-likeness (QED) is 0.824. The molecule has 0 aliphatic carbocycles. The van der Waals surface area contributed by atoms with Crippen LogP contribution < -0.4 is 4.74 Å². The second kappa shape index (κ2) is 6.26. The van der Waals surface area contributed by atoms with Crippen LogP contribution >= 0.6 is 15.9 Å². The van der Waals surface area contributed by atoms with Gasteiger partial charge in [0, 0.05) is 25.7 Å². The van der Waals surface area contributed by atoms with Gasteiger partial charge in [-0.2, -0.15) is 0 Å². The first kappa shape index (κ1) is 14.8. The minimum absolute atomic E-state index is 0.0246. The van der Waals surface area contributed by atoms with Gasteiger partial charge in [-0.25, -0.2) is 0 Å². The van der Waals surface area contributed by atoms with E-state index in [1.165, 1.54) is 0 Å². The van der Waals surface area contributed by atoms with E-state index < -0.39 is 0 Å². The van der Waals surface area contributed by atoms with Crippen molar-refractivity contribution in [2.45, 2.75) is 6.42 Å². The molecule has 0 N–H and O–H groups in total. The Bertz CT molecular complexity index is 533. The number of nitrogens with zero attached hydrogens (tertiary/aromatic N) is 2. The summed E-state index contributed by atoms with van der Waals surface area (Å²) in [5.74, 6) is 0.522. The number of methoxy groups -OCH3 is 1. The Balaban J connectivity index is 2.18. The van der Waals surface area contributed by atoms with E-state index in [4.69, 9.17) is 4.74 Å². The molecule has 1 aromatic carbocycles. The highest BCUT2D eigenvalue weighted by Crippen LogP contribution is 2.26. The van der Waals surface area contributed by atoms with E-state index >= 15 is 0 Å². The van der Waals surface area contributed by atoms with Crippen LogP contribution in [0.3, 0.4) is 0 Å². The van der Waals surface area contributed by atoms with Crippen LogP contribution in [-0.4, -0.2) is 55.4 Å². The van der Waals surface area contributed by atoms with Gasteiger partial charge in [-0.1, -0.05) is 0 Å². The van der Waals surface area contributed by atoms with Gasteiger partial charge < -0.3 is 14.5 Å². The zero-order valence-electron chi connectivity index (χ0n) is 11.6. The predicted molar refractivity (Wildman–Crippen MR) is 78.9 cm³/mol. The van der Waals surface area contributed by atoms with Gasteiger partial charge in [0.25, 0.3) is 5.91 Å². The number of hydrogen-bond donors (Lipinski definition) is 0. The first-order valence-corrected chi connectivity index (χ1v) is 7.19. The molecule has 1 heterocycles. The number of likely N-dealkylation sites (N-methyl/N-ethyl adjacent to an activating group) is 1. The van der Waals surface area contributed by atoms with E-state index in [9.17, 15) is 9.59 Å². The Labute approximate surface area is 126 Å². The second-order valence-electron chi connectivity index (χ2n) is 4.74. The lowest BCUT2D eigenvalue weighted by Crippen LogP contribution is -2.38. The van der Waals surface area contributed by atoms with Crippen LogP contribution in [0.4, 0.5) is 0 Å². The van der Waals surface area contributed by atoms with E-state index in [1.807, 2.05) is 0 Å². The molecule has 6 heteroatoms. The molecule has 0 saturated carbocycles. The van der Waals surface area contributed by atoms with Crippen molar-refractivity contribution >= 4 is 27.7 Å². The number of carbonyl (C=O) groups is 2. The first-order valence-electron chi connectivity index (χ1n) is 6.39. The molecule has 0 atom stereocenters. The highest BCUT2D eigenvalue weighted by molar-refractivity contribution is 9.10. The van der Waals surface area contributed by atoms with Crippen molar-refractivity contribution in [2.24, 2.45) is 0 Å². The molecule has 0 aromatic heterocycles. The summed E-state index contributed by atoms with van der Waals surface area (Å²) < 4.78 is 5.87. The number of carbonyl (C=O) groups excluding carboxylic acids is 2. The van der Waals surface area contributed by atoms with Crippen LogP contribution in [0.15, 0.2) is 22.7 Å². The normalized spacial score (nSPS) is 16.1. The molecule has 0 bridgehead atoms. The third-order valence-corrected chi connectivity index (χ3v) is 3.98. The molecule has 1 aliphatic heterocycles. The standard InChI is InChI=1S/C14H17BrN2O3/c1-16-6-3-7-17(9-13(16)18)14(19)10-4-5-12(20-2)11(15)8-10/h4-5,8H,3,6-7,9H2,1-2H3. The van der Waals surface area contributed by atoms with Gasteiger partial charge in [0.2, 0.25) is 5.91 Å². The molecule has 5 nitrogen and oxygen atoms in total. The highest BCUT2D eigenvalue weighted by atomic mass is 79.9. The van der Waals surface area contributed by atoms with Gasteiger partial charge in [0.1, 0.15) is 12.3 Å². The van der Waals surface area contributed by atoms with Gasteiger partial charge in [0.15, 0.2) is 0 Å². The minimum Gasteiger partial charge on any atom is -0.496 e. The van der Waals surface area contributed by atoms with Crippen LogP contribution in [0.1, 0.15) is 16.8 Å². The maximum atomic E-state index is 12.5. The molecule has 0 radical (unpaired) electrons. The summed E-state index contributed by atoms with van der Waals surface area (Å²) in [6.07, 6.45) is 0.797. The molecule has 1 saturated heterocycles. The van der Waals surface area contributed by atoms with Crippen molar-refractivity contribution in [2.75, 3.05) is 33.8 Å². The predicted octanol–water partition coefficient (Wildman–Crippen LogP) is 1.76. The first-order chi connectivity index (χ1) is 9.52.